The first kappa shape index (κ1) is 17.2. The summed E-state index contributed by atoms with van der Waals surface area (Å²) in [6, 6.07) is 13.8. The summed E-state index contributed by atoms with van der Waals surface area (Å²) in [5.74, 6) is -0.409. The normalized spacial score (nSPS) is 17.0. The summed E-state index contributed by atoms with van der Waals surface area (Å²) in [6.45, 7) is 6.59. The molecule has 4 nitrogen and oxygen atoms in total. The second kappa shape index (κ2) is 7.09. The number of amides is 2. The first-order valence-corrected chi connectivity index (χ1v) is 8.75. The fourth-order valence-electron chi connectivity index (χ4n) is 3.11. The minimum Gasteiger partial charge on any atom is -0.326 e. The van der Waals surface area contributed by atoms with E-state index in [-0.39, 0.29) is 24.2 Å². The third kappa shape index (κ3) is 3.73. The summed E-state index contributed by atoms with van der Waals surface area (Å²) >= 11 is 0. The Morgan fingerprint density at radius 2 is 1.84 bits per heavy atom. The molecule has 0 spiro atoms. The lowest BCUT2D eigenvalue weighted by molar-refractivity contribution is -0.122. The van der Waals surface area contributed by atoms with E-state index in [1.807, 2.05) is 56.3 Å². The zero-order chi connectivity index (χ0) is 18.0. The molecule has 0 bridgehead atoms. The van der Waals surface area contributed by atoms with E-state index in [0.29, 0.717) is 6.54 Å². The van der Waals surface area contributed by atoms with Gasteiger partial charge in [0.1, 0.15) is 0 Å². The summed E-state index contributed by atoms with van der Waals surface area (Å²) in [4.78, 5) is 26.6. The van der Waals surface area contributed by atoms with E-state index in [1.165, 1.54) is 11.1 Å². The molecule has 1 aliphatic heterocycles. The molecule has 0 aromatic heterocycles. The molecule has 1 saturated heterocycles. The van der Waals surface area contributed by atoms with Crippen LogP contribution in [0.4, 0.5) is 11.4 Å². The Hall–Kier alpha value is -2.62. The van der Waals surface area contributed by atoms with E-state index >= 15 is 0 Å². The topological polar surface area (TPSA) is 49.4 Å². The van der Waals surface area contributed by atoms with Crippen LogP contribution in [0, 0.1) is 19.8 Å². The van der Waals surface area contributed by atoms with Gasteiger partial charge in [0.25, 0.3) is 0 Å². The number of rotatable bonds is 4. The zero-order valence-corrected chi connectivity index (χ0v) is 15.0. The summed E-state index contributed by atoms with van der Waals surface area (Å²) in [5.41, 5.74) is 5.21. The maximum atomic E-state index is 12.5. The van der Waals surface area contributed by atoms with Gasteiger partial charge >= 0.3 is 0 Å². The van der Waals surface area contributed by atoms with Crippen LogP contribution in [0.2, 0.25) is 0 Å². The van der Waals surface area contributed by atoms with Crippen LogP contribution in [0.3, 0.4) is 0 Å². The highest BCUT2D eigenvalue weighted by Gasteiger charge is 2.35. The highest BCUT2D eigenvalue weighted by Crippen LogP contribution is 2.26. The monoisotopic (exact) mass is 336 g/mol. The standard InChI is InChI=1S/C21H24N2O2/c1-4-16-6-9-19(10-7-16)23-13-17(12-20(23)24)21(25)22-18-8-5-14(2)15(3)11-18/h5-11,17H,4,12-13H2,1-3H3,(H,22,25)/t17-/m0/s1. The molecule has 1 N–H and O–H groups in total. The molecule has 1 fully saturated rings. The summed E-state index contributed by atoms with van der Waals surface area (Å²) < 4.78 is 0. The average molecular weight is 336 g/mol. The maximum Gasteiger partial charge on any atom is 0.229 e. The molecular formula is C21H24N2O2. The molecule has 0 radical (unpaired) electrons. The molecule has 2 aromatic rings. The minimum atomic E-state index is -0.319. The van der Waals surface area contributed by atoms with E-state index in [4.69, 9.17) is 0 Å². The molecule has 25 heavy (non-hydrogen) atoms. The van der Waals surface area contributed by atoms with E-state index in [2.05, 4.69) is 12.2 Å². The third-order valence-electron chi connectivity index (χ3n) is 4.93. The van der Waals surface area contributed by atoms with Gasteiger partial charge < -0.3 is 10.2 Å². The fourth-order valence-corrected chi connectivity index (χ4v) is 3.11. The zero-order valence-electron chi connectivity index (χ0n) is 15.0. The average Bonchev–Trinajstić information content (AvgIpc) is 3.00. The number of nitrogens with one attached hydrogen (secondary N) is 1. The molecule has 0 unspecified atom stereocenters. The van der Waals surface area contributed by atoms with Crippen molar-refractivity contribution in [1.82, 2.24) is 0 Å². The van der Waals surface area contributed by atoms with E-state index in [1.54, 1.807) is 4.90 Å². The van der Waals surface area contributed by atoms with Crippen molar-refractivity contribution in [3.63, 3.8) is 0 Å². The van der Waals surface area contributed by atoms with Gasteiger partial charge in [0.15, 0.2) is 0 Å². The fraction of sp³-hybridized carbons (Fsp3) is 0.333. The van der Waals surface area contributed by atoms with Crippen LogP contribution >= 0.6 is 0 Å². The van der Waals surface area contributed by atoms with Crippen LogP contribution < -0.4 is 10.2 Å². The predicted molar refractivity (Wildman–Crippen MR) is 101 cm³/mol. The van der Waals surface area contributed by atoms with Crippen molar-refractivity contribution in [2.45, 2.75) is 33.6 Å². The lowest BCUT2D eigenvalue weighted by Crippen LogP contribution is -2.28. The number of benzene rings is 2. The smallest absolute Gasteiger partial charge is 0.229 e. The number of hydrogen-bond acceptors (Lipinski definition) is 2. The largest absolute Gasteiger partial charge is 0.326 e. The van der Waals surface area contributed by atoms with Crippen molar-refractivity contribution in [2.24, 2.45) is 5.92 Å². The number of nitrogens with zero attached hydrogens (tertiary/aromatic N) is 1. The van der Waals surface area contributed by atoms with Crippen molar-refractivity contribution in [1.29, 1.82) is 0 Å². The number of anilines is 2. The van der Waals surface area contributed by atoms with Gasteiger partial charge in [0.05, 0.1) is 5.92 Å². The van der Waals surface area contributed by atoms with Crippen molar-refractivity contribution in [2.75, 3.05) is 16.8 Å². The van der Waals surface area contributed by atoms with Gasteiger partial charge in [-0.25, -0.2) is 0 Å². The summed E-state index contributed by atoms with van der Waals surface area (Å²) in [7, 11) is 0. The molecular weight excluding hydrogens is 312 g/mol. The van der Waals surface area contributed by atoms with Crippen LogP contribution in [0.5, 0.6) is 0 Å². The predicted octanol–water partition coefficient (Wildman–Crippen LogP) is 3.86. The van der Waals surface area contributed by atoms with Gasteiger partial charge in [-0.3, -0.25) is 9.59 Å². The summed E-state index contributed by atoms with van der Waals surface area (Å²) in [6.07, 6.45) is 1.22. The Balaban J connectivity index is 1.68. The Bertz CT molecular complexity index is 796. The van der Waals surface area contributed by atoms with Gasteiger partial charge in [-0.2, -0.15) is 0 Å². The van der Waals surface area contributed by atoms with Crippen LogP contribution in [-0.4, -0.2) is 18.4 Å². The number of carbonyl (C=O) groups is 2. The number of hydrogen-bond donors (Lipinski definition) is 1. The first-order chi connectivity index (χ1) is 12.0. The molecule has 2 amide bonds. The SMILES string of the molecule is CCc1ccc(N2C[C@@H](C(=O)Nc3ccc(C)c(C)c3)CC2=O)cc1. The Morgan fingerprint density at radius 3 is 2.48 bits per heavy atom. The molecule has 130 valence electrons. The van der Waals surface area contributed by atoms with Crippen molar-refractivity contribution in [3.05, 3.63) is 59.2 Å². The van der Waals surface area contributed by atoms with Gasteiger partial charge in [-0.1, -0.05) is 25.1 Å². The van der Waals surface area contributed by atoms with Crippen molar-refractivity contribution >= 4 is 23.2 Å². The lowest BCUT2D eigenvalue weighted by Gasteiger charge is -2.17. The van der Waals surface area contributed by atoms with Crippen LogP contribution in [0.15, 0.2) is 42.5 Å². The highest BCUT2D eigenvalue weighted by atomic mass is 16.2. The van der Waals surface area contributed by atoms with Crippen molar-refractivity contribution in [3.8, 4) is 0 Å². The van der Waals surface area contributed by atoms with E-state index < -0.39 is 0 Å². The molecule has 3 rings (SSSR count). The van der Waals surface area contributed by atoms with Crippen molar-refractivity contribution < 1.29 is 9.59 Å². The Kier molecular flexibility index (Phi) is 4.88. The molecule has 4 heteroatoms. The van der Waals surface area contributed by atoms with E-state index in [9.17, 15) is 9.59 Å². The molecule has 1 atom stereocenters. The molecule has 0 saturated carbocycles. The Labute approximate surface area is 148 Å². The van der Waals surface area contributed by atoms with Crippen LogP contribution in [0.1, 0.15) is 30.0 Å². The third-order valence-corrected chi connectivity index (χ3v) is 4.93. The van der Waals surface area contributed by atoms with E-state index in [0.717, 1.165) is 23.4 Å². The summed E-state index contributed by atoms with van der Waals surface area (Å²) in [5, 5.41) is 2.94. The molecule has 1 aliphatic rings. The van der Waals surface area contributed by atoms with Crippen LogP contribution in [-0.2, 0) is 16.0 Å². The van der Waals surface area contributed by atoms with Gasteiger partial charge in [0, 0.05) is 24.3 Å². The van der Waals surface area contributed by atoms with Gasteiger partial charge in [-0.15, -0.1) is 0 Å². The number of carbonyl (C=O) groups excluding carboxylic acids is 2. The van der Waals surface area contributed by atoms with Crippen LogP contribution in [0.25, 0.3) is 0 Å². The second-order valence-corrected chi connectivity index (χ2v) is 6.71. The highest BCUT2D eigenvalue weighted by molar-refractivity contribution is 6.03. The molecule has 2 aromatic carbocycles. The van der Waals surface area contributed by atoms with Gasteiger partial charge in [-0.05, 0) is 61.2 Å². The van der Waals surface area contributed by atoms with Gasteiger partial charge in [0.2, 0.25) is 11.8 Å². The Morgan fingerprint density at radius 1 is 1.12 bits per heavy atom. The second-order valence-electron chi connectivity index (χ2n) is 6.71. The number of aryl methyl sites for hydroxylation is 3. The first-order valence-electron chi connectivity index (χ1n) is 8.75. The molecule has 0 aliphatic carbocycles. The minimum absolute atomic E-state index is 0.00415. The lowest BCUT2D eigenvalue weighted by atomic mass is 10.1. The quantitative estimate of drug-likeness (QED) is 0.922. The molecule has 1 heterocycles. The maximum absolute atomic E-state index is 12.5.